The molecule has 32 heavy (non-hydrogen) atoms. The number of hydrazone groups is 1. The van der Waals surface area contributed by atoms with E-state index in [1.165, 1.54) is 12.8 Å². The lowest BCUT2D eigenvalue weighted by Gasteiger charge is -2.17. The van der Waals surface area contributed by atoms with Crippen LogP contribution in [0, 0.1) is 11.3 Å². The molecule has 0 bridgehead atoms. The van der Waals surface area contributed by atoms with Crippen LogP contribution in [0.5, 0.6) is 5.75 Å². The summed E-state index contributed by atoms with van der Waals surface area (Å²) in [6.07, 6.45) is 4.12. The van der Waals surface area contributed by atoms with E-state index < -0.39 is 5.56 Å². The lowest BCUT2D eigenvalue weighted by atomic mass is 10.1. The highest BCUT2D eigenvalue weighted by Crippen LogP contribution is 2.23. The molecule has 1 fully saturated rings. The summed E-state index contributed by atoms with van der Waals surface area (Å²) in [5, 5.41) is 13.6. The Hall–Kier alpha value is -3.96. The number of nitrogens with zero attached hydrogens (tertiary/aromatic N) is 4. The monoisotopic (exact) mass is 428 g/mol. The van der Waals surface area contributed by atoms with E-state index in [0.717, 1.165) is 36.5 Å². The highest BCUT2D eigenvalue weighted by Gasteiger charge is 2.15. The van der Waals surface area contributed by atoms with E-state index in [0.29, 0.717) is 11.3 Å². The molecule has 8 heteroatoms. The van der Waals surface area contributed by atoms with Crippen LogP contribution in [0.4, 0.5) is 5.95 Å². The molecule has 162 valence electrons. The standard InChI is InChI=1S/C24H24N6O2/c1-32-21-10-9-17(13-19(21)16-30-11-5-6-12-30)15-26-29-24-27-22(18-7-3-2-4-8-18)20(14-25)23(31)28-24/h2-4,7-10,13,15H,5-6,11-12,16H2,1H3,(H2,27,28,29,31). The van der Waals surface area contributed by atoms with Crippen LogP contribution in [0.1, 0.15) is 29.5 Å². The Morgan fingerprint density at radius 3 is 2.75 bits per heavy atom. The topological polar surface area (TPSA) is 106 Å². The lowest BCUT2D eigenvalue weighted by Crippen LogP contribution is -2.19. The molecule has 0 spiro atoms. The zero-order chi connectivity index (χ0) is 22.3. The Morgan fingerprint density at radius 2 is 2.03 bits per heavy atom. The maximum Gasteiger partial charge on any atom is 0.270 e. The molecular weight excluding hydrogens is 404 g/mol. The highest BCUT2D eigenvalue weighted by molar-refractivity contribution is 5.81. The maximum atomic E-state index is 12.3. The Kier molecular flexibility index (Phi) is 6.58. The number of rotatable bonds is 7. The number of hydrogen-bond acceptors (Lipinski definition) is 7. The number of aromatic amines is 1. The number of hydrogen-bond donors (Lipinski definition) is 2. The van der Waals surface area contributed by atoms with Crippen LogP contribution in [0.15, 0.2) is 58.4 Å². The summed E-state index contributed by atoms with van der Waals surface area (Å²) in [7, 11) is 1.68. The highest BCUT2D eigenvalue weighted by atomic mass is 16.5. The molecule has 0 radical (unpaired) electrons. The van der Waals surface area contributed by atoms with Crippen molar-refractivity contribution in [3.8, 4) is 23.1 Å². The van der Waals surface area contributed by atoms with E-state index in [9.17, 15) is 10.1 Å². The number of H-pyrrole nitrogens is 1. The smallest absolute Gasteiger partial charge is 0.270 e. The van der Waals surface area contributed by atoms with E-state index in [1.807, 2.05) is 42.5 Å². The third-order valence-corrected chi connectivity index (χ3v) is 5.36. The van der Waals surface area contributed by atoms with Crippen LogP contribution in [-0.2, 0) is 6.54 Å². The van der Waals surface area contributed by atoms with Gasteiger partial charge in [-0.25, -0.2) is 10.4 Å². The molecule has 4 rings (SSSR count). The van der Waals surface area contributed by atoms with Crippen molar-refractivity contribution in [1.82, 2.24) is 14.9 Å². The predicted octanol–water partition coefficient (Wildman–Crippen LogP) is 3.36. The molecule has 0 unspecified atom stereocenters. The average molecular weight is 428 g/mol. The number of methoxy groups -OCH3 is 1. The third-order valence-electron chi connectivity index (χ3n) is 5.36. The van der Waals surface area contributed by atoms with Crippen molar-refractivity contribution in [1.29, 1.82) is 5.26 Å². The van der Waals surface area contributed by atoms with Gasteiger partial charge in [-0.3, -0.25) is 14.7 Å². The van der Waals surface area contributed by atoms with Crippen LogP contribution in [-0.4, -0.2) is 41.3 Å². The van der Waals surface area contributed by atoms with E-state index in [1.54, 1.807) is 25.5 Å². The lowest BCUT2D eigenvalue weighted by molar-refractivity contribution is 0.321. The van der Waals surface area contributed by atoms with E-state index >= 15 is 0 Å². The van der Waals surface area contributed by atoms with Crippen molar-refractivity contribution in [2.45, 2.75) is 19.4 Å². The summed E-state index contributed by atoms with van der Waals surface area (Å²) < 4.78 is 5.51. The molecule has 1 saturated heterocycles. The molecule has 3 aromatic rings. The molecule has 0 saturated carbocycles. The summed E-state index contributed by atoms with van der Waals surface area (Å²) in [4.78, 5) is 21.7. The normalized spacial score (nSPS) is 13.9. The largest absolute Gasteiger partial charge is 0.496 e. The molecule has 2 N–H and O–H groups in total. The van der Waals surface area contributed by atoms with Crippen molar-refractivity contribution in [2.75, 3.05) is 25.6 Å². The Balaban J connectivity index is 1.54. The molecule has 1 aliphatic rings. The second kappa shape index (κ2) is 9.90. The maximum absolute atomic E-state index is 12.3. The van der Waals surface area contributed by atoms with Gasteiger partial charge in [-0.1, -0.05) is 30.3 Å². The number of ether oxygens (including phenoxy) is 1. The number of benzene rings is 2. The van der Waals surface area contributed by atoms with Gasteiger partial charge in [0.1, 0.15) is 17.4 Å². The van der Waals surface area contributed by atoms with Crippen LogP contribution in [0.25, 0.3) is 11.3 Å². The first-order valence-corrected chi connectivity index (χ1v) is 10.5. The Bertz CT molecular complexity index is 1210. The molecule has 1 aliphatic heterocycles. The van der Waals surface area contributed by atoms with Gasteiger partial charge in [0.15, 0.2) is 0 Å². The van der Waals surface area contributed by atoms with Gasteiger partial charge in [-0.05, 0) is 49.7 Å². The average Bonchev–Trinajstić information content (AvgIpc) is 3.33. The molecule has 0 aliphatic carbocycles. The van der Waals surface area contributed by atoms with Crippen molar-refractivity contribution in [3.05, 3.63) is 75.6 Å². The fourth-order valence-corrected chi connectivity index (χ4v) is 3.79. The summed E-state index contributed by atoms with van der Waals surface area (Å²) in [6.45, 7) is 3.04. The Morgan fingerprint density at radius 1 is 1.25 bits per heavy atom. The molecule has 0 amide bonds. The van der Waals surface area contributed by atoms with Crippen molar-refractivity contribution >= 4 is 12.2 Å². The minimum atomic E-state index is -0.517. The number of nitriles is 1. The summed E-state index contributed by atoms with van der Waals surface area (Å²) in [6, 6.07) is 16.9. The van der Waals surface area contributed by atoms with Gasteiger partial charge < -0.3 is 4.74 Å². The first-order chi connectivity index (χ1) is 15.7. The molecule has 8 nitrogen and oxygen atoms in total. The molecule has 2 aromatic carbocycles. The van der Waals surface area contributed by atoms with Crippen LogP contribution in [0.2, 0.25) is 0 Å². The quantitative estimate of drug-likeness (QED) is 0.441. The van der Waals surface area contributed by atoms with Crippen LogP contribution >= 0.6 is 0 Å². The number of anilines is 1. The van der Waals surface area contributed by atoms with Gasteiger partial charge in [0.05, 0.1) is 19.0 Å². The van der Waals surface area contributed by atoms with Crippen molar-refractivity contribution in [2.24, 2.45) is 5.10 Å². The van der Waals surface area contributed by atoms with Gasteiger partial charge in [0, 0.05) is 17.7 Å². The third kappa shape index (κ3) is 4.85. The van der Waals surface area contributed by atoms with Gasteiger partial charge in [-0.15, -0.1) is 0 Å². The summed E-state index contributed by atoms with van der Waals surface area (Å²) in [5.74, 6) is 1.02. The second-order valence-electron chi connectivity index (χ2n) is 7.54. The van der Waals surface area contributed by atoms with Crippen LogP contribution in [0.3, 0.4) is 0 Å². The first-order valence-electron chi connectivity index (χ1n) is 10.5. The van der Waals surface area contributed by atoms with Gasteiger partial charge in [0.25, 0.3) is 5.56 Å². The van der Waals surface area contributed by atoms with Gasteiger partial charge in [-0.2, -0.15) is 10.4 Å². The van der Waals surface area contributed by atoms with Crippen molar-refractivity contribution in [3.63, 3.8) is 0 Å². The number of aromatic nitrogens is 2. The minimum Gasteiger partial charge on any atom is -0.496 e. The van der Waals surface area contributed by atoms with E-state index in [2.05, 4.69) is 25.4 Å². The molecule has 1 aromatic heterocycles. The number of likely N-dealkylation sites (tertiary alicyclic amines) is 1. The second-order valence-corrected chi connectivity index (χ2v) is 7.54. The van der Waals surface area contributed by atoms with Gasteiger partial charge >= 0.3 is 0 Å². The SMILES string of the molecule is COc1ccc(C=NNc2nc(-c3ccccc3)c(C#N)c(=O)[nH]2)cc1CN1CCCC1. The molecular formula is C24H24N6O2. The fraction of sp³-hybridized carbons (Fsp3) is 0.250. The van der Waals surface area contributed by atoms with Crippen LogP contribution < -0.4 is 15.7 Å². The Labute approximate surface area is 186 Å². The first kappa shape index (κ1) is 21.3. The summed E-state index contributed by atoms with van der Waals surface area (Å²) in [5.41, 5.74) is 5.21. The minimum absolute atomic E-state index is 0.0348. The van der Waals surface area contributed by atoms with E-state index in [4.69, 9.17) is 4.74 Å². The van der Waals surface area contributed by atoms with E-state index in [-0.39, 0.29) is 11.5 Å². The van der Waals surface area contributed by atoms with Crippen molar-refractivity contribution < 1.29 is 4.74 Å². The number of nitrogens with one attached hydrogen (secondary N) is 2. The zero-order valence-electron chi connectivity index (χ0n) is 17.8. The fourth-order valence-electron chi connectivity index (χ4n) is 3.79. The molecule has 2 heterocycles. The summed E-state index contributed by atoms with van der Waals surface area (Å²) >= 11 is 0. The zero-order valence-corrected chi connectivity index (χ0v) is 17.8. The van der Waals surface area contributed by atoms with Gasteiger partial charge in [0.2, 0.25) is 5.95 Å². The predicted molar refractivity (Wildman–Crippen MR) is 124 cm³/mol. The molecule has 0 atom stereocenters.